The van der Waals surface area contributed by atoms with Crippen molar-refractivity contribution in [2.75, 3.05) is 7.05 Å². The van der Waals surface area contributed by atoms with Crippen LogP contribution in [0.4, 0.5) is 17.6 Å². The van der Waals surface area contributed by atoms with Gasteiger partial charge in [0.1, 0.15) is 5.75 Å². The number of hydrogen-bond acceptors (Lipinski definition) is 4. The van der Waals surface area contributed by atoms with E-state index in [4.69, 9.17) is 0 Å². The summed E-state index contributed by atoms with van der Waals surface area (Å²) in [6, 6.07) is 6.68. The number of aromatic nitrogens is 1. The largest absolute Gasteiger partial charge is 0.573 e. The second kappa shape index (κ2) is 7.93. The summed E-state index contributed by atoms with van der Waals surface area (Å²) in [5.74, 6) is -4.04. The summed E-state index contributed by atoms with van der Waals surface area (Å²) in [7, 11) is 1.41. The minimum absolute atomic E-state index is 0.0159. The zero-order chi connectivity index (χ0) is 23.1. The van der Waals surface area contributed by atoms with Crippen molar-refractivity contribution in [3.05, 3.63) is 59.0 Å². The lowest BCUT2D eigenvalue weighted by atomic mass is 9.96. The van der Waals surface area contributed by atoms with Crippen molar-refractivity contribution in [3.63, 3.8) is 0 Å². The summed E-state index contributed by atoms with van der Waals surface area (Å²) >= 11 is 0. The first-order valence-corrected chi connectivity index (χ1v) is 9.10. The number of nitrogens with zero attached hydrogens (tertiary/aromatic N) is 1. The number of nitrogens with one attached hydrogen (secondary N) is 1. The zero-order valence-corrected chi connectivity index (χ0v) is 16.7. The van der Waals surface area contributed by atoms with Crippen molar-refractivity contribution in [3.8, 4) is 11.5 Å². The highest BCUT2D eigenvalue weighted by molar-refractivity contribution is 6.05. The zero-order valence-electron chi connectivity index (χ0n) is 16.7. The maximum Gasteiger partial charge on any atom is 0.573 e. The van der Waals surface area contributed by atoms with Crippen LogP contribution < -0.4 is 10.1 Å². The molecule has 0 bridgehead atoms. The molecule has 0 aliphatic heterocycles. The van der Waals surface area contributed by atoms with Gasteiger partial charge in [-0.2, -0.15) is 0 Å². The van der Waals surface area contributed by atoms with Crippen LogP contribution in [0.5, 0.6) is 11.5 Å². The van der Waals surface area contributed by atoms with E-state index < -0.39 is 41.4 Å². The van der Waals surface area contributed by atoms with E-state index in [1.54, 1.807) is 0 Å². The van der Waals surface area contributed by atoms with Crippen molar-refractivity contribution in [1.82, 2.24) is 9.88 Å². The van der Waals surface area contributed by atoms with Gasteiger partial charge in [-0.05, 0) is 55.8 Å². The van der Waals surface area contributed by atoms with Gasteiger partial charge in [-0.1, -0.05) is 0 Å². The molecule has 2 aromatic carbocycles. The van der Waals surface area contributed by atoms with Crippen LogP contribution in [-0.4, -0.2) is 34.9 Å². The number of rotatable bonds is 4. The molecule has 0 aliphatic rings. The van der Waals surface area contributed by atoms with Crippen LogP contribution in [0.15, 0.2) is 36.4 Å². The van der Waals surface area contributed by atoms with E-state index in [0.29, 0.717) is 0 Å². The second-order valence-electron chi connectivity index (χ2n) is 6.84. The number of alkyl halides is 3. The van der Waals surface area contributed by atoms with E-state index in [1.807, 2.05) is 0 Å². The Hall–Kier alpha value is -3.56. The first-order chi connectivity index (χ1) is 14.5. The van der Waals surface area contributed by atoms with E-state index in [1.165, 1.54) is 27.0 Å². The Labute approximate surface area is 174 Å². The number of aromatic hydroxyl groups is 1. The standard InChI is InChI=1S/C21H18F4N2O4/c1-10(19(29)26-3)16-11(2)27(14-8-9-15(28)18(22)17(14)16)20(30)12-4-6-13(7-5-12)31-21(23,24)25/h4-10,28H,1-3H3,(H,26,29). The number of phenolic OH excluding ortho intramolecular Hbond substituents is 1. The van der Waals surface area contributed by atoms with Gasteiger partial charge in [-0.3, -0.25) is 14.2 Å². The minimum atomic E-state index is -4.87. The highest BCUT2D eigenvalue weighted by Crippen LogP contribution is 2.37. The van der Waals surface area contributed by atoms with Crippen LogP contribution in [0, 0.1) is 12.7 Å². The smallest absolute Gasteiger partial charge is 0.505 e. The predicted molar refractivity (Wildman–Crippen MR) is 104 cm³/mol. The summed E-state index contributed by atoms with van der Waals surface area (Å²) in [6.45, 7) is 3.05. The number of carbonyl (C=O) groups excluding carboxylic acids is 2. The maximum absolute atomic E-state index is 14.8. The lowest BCUT2D eigenvalue weighted by molar-refractivity contribution is -0.274. The quantitative estimate of drug-likeness (QED) is 0.598. The van der Waals surface area contributed by atoms with E-state index in [-0.39, 0.29) is 27.7 Å². The molecule has 2 N–H and O–H groups in total. The molecular formula is C21H18F4N2O4. The third kappa shape index (κ3) is 4.05. The number of likely N-dealkylation sites (N-methyl/N-ethyl adjacent to an activating group) is 1. The van der Waals surface area contributed by atoms with Gasteiger partial charge >= 0.3 is 6.36 Å². The van der Waals surface area contributed by atoms with Gasteiger partial charge in [0, 0.05) is 23.7 Å². The molecule has 1 unspecified atom stereocenters. The number of ether oxygens (including phenoxy) is 1. The van der Waals surface area contributed by atoms with Crippen LogP contribution >= 0.6 is 0 Å². The third-order valence-electron chi connectivity index (χ3n) is 4.95. The number of hydrogen-bond donors (Lipinski definition) is 2. The molecule has 3 rings (SSSR count). The monoisotopic (exact) mass is 438 g/mol. The molecule has 31 heavy (non-hydrogen) atoms. The molecule has 3 aromatic rings. The summed E-state index contributed by atoms with van der Waals surface area (Å²) in [6.07, 6.45) is -4.87. The number of phenols is 1. The Kier molecular flexibility index (Phi) is 5.66. The molecule has 0 spiro atoms. The van der Waals surface area contributed by atoms with Crippen molar-refractivity contribution >= 4 is 22.7 Å². The topological polar surface area (TPSA) is 80.6 Å². The van der Waals surface area contributed by atoms with Gasteiger partial charge in [-0.15, -0.1) is 13.2 Å². The van der Waals surface area contributed by atoms with Crippen LogP contribution in [0.25, 0.3) is 10.9 Å². The number of fused-ring (bicyclic) bond motifs is 1. The summed E-state index contributed by atoms with van der Waals surface area (Å²) in [5, 5.41) is 12.2. The van der Waals surface area contributed by atoms with Crippen LogP contribution in [0.2, 0.25) is 0 Å². The van der Waals surface area contributed by atoms with Crippen LogP contribution in [-0.2, 0) is 4.79 Å². The van der Waals surface area contributed by atoms with Crippen molar-refractivity contribution in [2.45, 2.75) is 26.1 Å². The van der Waals surface area contributed by atoms with E-state index >= 15 is 0 Å². The van der Waals surface area contributed by atoms with Gasteiger partial charge in [0.2, 0.25) is 5.91 Å². The molecule has 10 heteroatoms. The molecular weight excluding hydrogens is 420 g/mol. The maximum atomic E-state index is 14.8. The molecule has 0 aliphatic carbocycles. The summed E-state index contributed by atoms with van der Waals surface area (Å²) in [5.41, 5.74) is 0.602. The molecule has 6 nitrogen and oxygen atoms in total. The second-order valence-corrected chi connectivity index (χ2v) is 6.84. The van der Waals surface area contributed by atoms with E-state index in [2.05, 4.69) is 10.1 Å². The first kappa shape index (κ1) is 22.1. The highest BCUT2D eigenvalue weighted by Gasteiger charge is 2.32. The number of benzene rings is 2. The molecule has 0 fully saturated rings. The molecule has 1 aromatic heterocycles. The minimum Gasteiger partial charge on any atom is -0.505 e. The lowest BCUT2D eigenvalue weighted by Crippen LogP contribution is -2.24. The molecule has 0 saturated heterocycles. The Balaban J connectivity index is 2.16. The van der Waals surface area contributed by atoms with Crippen LogP contribution in [0.3, 0.4) is 0 Å². The normalized spacial score (nSPS) is 12.6. The highest BCUT2D eigenvalue weighted by atomic mass is 19.4. The Morgan fingerprint density at radius 1 is 1.13 bits per heavy atom. The first-order valence-electron chi connectivity index (χ1n) is 9.10. The fourth-order valence-electron chi connectivity index (χ4n) is 3.55. The van der Waals surface area contributed by atoms with Crippen LogP contribution in [0.1, 0.15) is 34.5 Å². The molecule has 0 saturated carbocycles. The Morgan fingerprint density at radius 3 is 2.29 bits per heavy atom. The van der Waals surface area contributed by atoms with Crippen molar-refractivity contribution in [2.24, 2.45) is 0 Å². The van der Waals surface area contributed by atoms with E-state index in [9.17, 15) is 32.3 Å². The van der Waals surface area contributed by atoms with Gasteiger partial charge in [0.15, 0.2) is 11.6 Å². The number of carbonyl (C=O) groups is 2. The lowest BCUT2D eigenvalue weighted by Gasteiger charge is -2.12. The third-order valence-corrected chi connectivity index (χ3v) is 4.95. The molecule has 1 heterocycles. The summed E-state index contributed by atoms with van der Waals surface area (Å²) < 4.78 is 56.8. The summed E-state index contributed by atoms with van der Waals surface area (Å²) in [4.78, 5) is 25.4. The van der Waals surface area contributed by atoms with E-state index in [0.717, 1.165) is 34.9 Å². The Bertz CT molecular complexity index is 1170. The Morgan fingerprint density at radius 2 is 1.74 bits per heavy atom. The van der Waals surface area contributed by atoms with Gasteiger partial charge in [0.05, 0.1) is 11.4 Å². The number of halogens is 4. The van der Waals surface area contributed by atoms with Gasteiger partial charge in [0.25, 0.3) is 5.91 Å². The molecule has 1 atom stereocenters. The van der Waals surface area contributed by atoms with Gasteiger partial charge < -0.3 is 15.2 Å². The fraction of sp³-hybridized carbons (Fsp3) is 0.238. The average Bonchev–Trinajstić information content (AvgIpc) is 3.01. The molecule has 164 valence electrons. The molecule has 0 radical (unpaired) electrons. The molecule has 1 amide bonds. The number of amides is 1. The fourth-order valence-corrected chi connectivity index (χ4v) is 3.55. The van der Waals surface area contributed by atoms with Crippen molar-refractivity contribution < 1.29 is 37.0 Å². The predicted octanol–water partition coefficient (Wildman–Crippen LogP) is 4.23. The SMILES string of the molecule is CNC(=O)C(C)c1c(C)n(C(=O)c2ccc(OC(F)(F)F)cc2)c2ccc(O)c(F)c12. The van der Waals surface area contributed by atoms with Crippen molar-refractivity contribution in [1.29, 1.82) is 0 Å². The average molecular weight is 438 g/mol. The van der Waals surface area contributed by atoms with Gasteiger partial charge in [-0.25, -0.2) is 4.39 Å².